The van der Waals surface area contributed by atoms with Crippen LogP contribution in [0.4, 0.5) is 11.4 Å². The monoisotopic (exact) mass is 265 g/mol. The van der Waals surface area contributed by atoms with E-state index in [2.05, 4.69) is 5.32 Å². The van der Waals surface area contributed by atoms with Crippen LogP contribution in [0.25, 0.3) is 0 Å². The Morgan fingerprint density at radius 2 is 2.21 bits per heavy atom. The third-order valence-electron chi connectivity index (χ3n) is 2.26. The van der Waals surface area contributed by atoms with Gasteiger partial charge in [0, 0.05) is 13.1 Å². The molecule has 0 radical (unpaired) electrons. The Labute approximate surface area is 112 Å². The summed E-state index contributed by atoms with van der Waals surface area (Å²) >= 11 is 0. The van der Waals surface area contributed by atoms with E-state index in [9.17, 15) is 10.1 Å². The van der Waals surface area contributed by atoms with Gasteiger partial charge in [-0.3, -0.25) is 10.1 Å². The number of ether oxygens (including phenoxy) is 1. The Hall–Kier alpha value is -2.08. The summed E-state index contributed by atoms with van der Waals surface area (Å²) in [5, 5.41) is 14.1. The fourth-order valence-corrected chi connectivity index (χ4v) is 1.55. The average Bonchev–Trinajstić information content (AvgIpc) is 2.33. The normalized spacial score (nSPS) is 10.9. The summed E-state index contributed by atoms with van der Waals surface area (Å²) < 4.78 is 5.46. The molecule has 104 valence electrons. The number of nitrogens with one attached hydrogen (secondary N) is 1. The maximum absolute atomic E-state index is 11.2. The lowest BCUT2D eigenvalue weighted by atomic mass is 10.2. The summed E-state index contributed by atoms with van der Waals surface area (Å²) in [7, 11) is 0. The van der Waals surface area contributed by atoms with Crippen molar-refractivity contribution in [2.45, 2.75) is 20.0 Å². The molecule has 0 amide bonds. The Bertz CT molecular complexity index is 458. The van der Waals surface area contributed by atoms with Gasteiger partial charge in [-0.25, -0.2) is 0 Å². The van der Waals surface area contributed by atoms with Crippen molar-refractivity contribution in [2.24, 2.45) is 5.73 Å². The predicted molar refractivity (Wildman–Crippen MR) is 75.5 cm³/mol. The van der Waals surface area contributed by atoms with E-state index in [1.165, 1.54) is 0 Å². The number of para-hydroxylation sites is 1. The molecule has 1 aromatic rings. The van der Waals surface area contributed by atoms with Crippen molar-refractivity contribution >= 4 is 11.4 Å². The van der Waals surface area contributed by atoms with Crippen LogP contribution in [-0.4, -0.2) is 24.1 Å². The number of benzene rings is 1. The van der Waals surface area contributed by atoms with Gasteiger partial charge in [-0.2, -0.15) is 0 Å². The maximum Gasteiger partial charge on any atom is 0.333 e. The quantitative estimate of drug-likeness (QED) is 0.448. The first-order valence-corrected chi connectivity index (χ1v) is 6.09. The first-order chi connectivity index (χ1) is 9.06. The SMILES string of the molecule is CC(C)Oc1cccc(NC/C=C/CN)c1[N+](=O)[O-]. The van der Waals surface area contributed by atoms with E-state index in [1.807, 2.05) is 19.9 Å². The molecule has 1 aromatic carbocycles. The van der Waals surface area contributed by atoms with Crippen LogP contribution in [-0.2, 0) is 0 Å². The molecule has 6 heteroatoms. The van der Waals surface area contributed by atoms with Crippen LogP contribution in [0, 0.1) is 10.1 Å². The molecule has 0 aliphatic rings. The van der Waals surface area contributed by atoms with Crippen molar-refractivity contribution in [1.29, 1.82) is 0 Å². The first kappa shape index (κ1) is 15.0. The predicted octanol–water partition coefficient (Wildman–Crippen LogP) is 2.31. The number of nitro groups is 1. The zero-order valence-corrected chi connectivity index (χ0v) is 11.1. The molecule has 0 aliphatic carbocycles. The summed E-state index contributed by atoms with van der Waals surface area (Å²) in [6, 6.07) is 4.97. The maximum atomic E-state index is 11.2. The minimum absolute atomic E-state index is 0.0441. The highest BCUT2D eigenvalue weighted by Crippen LogP contribution is 2.35. The Morgan fingerprint density at radius 3 is 2.79 bits per heavy atom. The molecule has 0 bridgehead atoms. The number of rotatable bonds is 7. The van der Waals surface area contributed by atoms with Gasteiger partial charge in [-0.15, -0.1) is 0 Å². The van der Waals surface area contributed by atoms with E-state index < -0.39 is 4.92 Å². The Kier molecular flexibility index (Phi) is 5.81. The number of hydrogen-bond donors (Lipinski definition) is 2. The summed E-state index contributed by atoms with van der Waals surface area (Å²) in [4.78, 5) is 10.7. The van der Waals surface area contributed by atoms with E-state index in [0.29, 0.717) is 18.8 Å². The fourth-order valence-electron chi connectivity index (χ4n) is 1.55. The Balaban J connectivity index is 2.96. The number of nitrogens with zero attached hydrogens (tertiary/aromatic N) is 1. The van der Waals surface area contributed by atoms with E-state index in [4.69, 9.17) is 10.5 Å². The number of nitro benzene ring substituents is 1. The van der Waals surface area contributed by atoms with Crippen molar-refractivity contribution in [2.75, 3.05) is 18.4 Å². The molecular formula is C13H19N3O3. The van der Waals surface area contributed by atoms with Crippen LogP contribution < -0.4 is 15.8 Å². The summed E-state index contributed by atoms with van der Waals surface area (Å²) in [5.74, 6) is 0.271. The number of nitrogens with two attached hydrogens (primary N) is 1. The zero-order valence-electron chi connectivity index (χ0n) is 11.1. The Morgan fingerprint density at radius 1 is 1.47 bits per heavy atom. The molecule has 0 unspecified atom stereocenters. The second-order valence-electron chi connectivity index (χ2n) is 4.16. The minimum Gasteiger partial charge on any atom is -0.484 e. The van der Waals surface area contributed by atoms with Crippen LogP contribution in [0.3, 0.4) is 0 Å². The lowest BCUT2D eigenvalue weighted by Gasteiger charge is -2.12. The molecule has 0 spiro atoms. The molecule has 0 saturated carbocycles. The third kappa shape index (κ3) is 4.59. The standard InChI is InChI=1S/C13H19N3O3/c1-10(2)19-12-7-5-6-11(13(12)16(17)18)15-9-4-3-8-14/h3-7,10,15H,8-9,14H2,1-2H3/b4-3+. The van der Waals surface area contributed by atoms with Gasteiger partial charge in [0.05, 0.1) is 11.0 Å². The second-order valence-corrected chi connectivity index (χ2v) is 4.16. The van der Waals surface area contributed by atoms with Crippen molar-refractivity contribution in [3.63, 3.8) is 0 Å². The second kappa shape index (κ2) is 7.38. The van der Waals surface area contributed by atoms with E-state index >= 15 is 0 Å². The van der Waals surface area contributed by atoms with Crippen LogP contribution in [0.1, 0.15) is 13.8 Å². The molecule has 0 saturated heterocycles. The van der Waals surface area contributed by atoms with Crippen LogP contribution in [0.15, 0.2) is 30.4 Å². The summed E-state index contributed by atoms with van der Waals surface area (Å²) in [5.41, 5.74) is 5.71. The largest absolute Gasteiger partial charge is 0.484 e. The number of anilines is 1. The highest BCUT2D eigenvalue weighted by atomic mass is 16.6. The molecule has 0 atom stereocenters. The molecular weight excluding hydrogens is 246 g/mol. The van der Waals surface area contributed by atoms with Crippen LogP contribution in [0.5, 0.6) is 5.75 Å². The van der Waals surface area contributed by atoms with E-state index in [0.717, 1.165) is 0 Å². The van der Waals surface area contributed by atoms with Crippen LogP contribution >= 0.6 is 0 Å². The van der Waals surface area contributed by atoms with E-state index in [1.54, 1.807) is 24.3 Å². The highest BCUT2D eigenvalue weighted by Gasteiger charge is 2.21. The van der Waals surface area contributed by atoms with Gasteiger partial charge >= 0.3 is 5.69 Å². The third-order valence-corrected chi connectivity index (χ3v) is 2.26. The first-order valence-electron chi connectivity index (χ1n) is 6.09. The lowest BCUT2D eigenvalue weighted by Crippen LogP contribution is -2.09. The van der Waals surface area contributed by atoms with Gasteiger partial charge in [-0.05, 0) is 26.0 Å². The molecule has 19 heavy (non-hydrogen) atoms. The molecule has 0 aromatic heterocycles. The van der Waals surface area contributed by atoms with Crippen LogP contribution in [0.2, 0.25) is 0 Å². The number of hydrogen-bond acceptors (Lipinski definition) is 5. The van der Waals surface area contributed by atoms with Crippen molar-refractivity contribution in [3.8, 4) is 5.75 Å². The summed E-state index contributed by atoms with van der Waals surface area (Å²) in [6.07, 6.45) is 3.48. The average molecular weight is 265 g/mol. The van der Waals surface area contributed by atoms with Gasteiger partial charge in [0.1, 0.15) is 5.69 Å². The molecule has 1 rings (SSSR count). The minimum atomic E-state index is -0.438. The van der Waals surface area contributed by atoms with Gasteiger partial charge < -0.3 is 15.8 Å². The van der Waals surface area contributed by atoms with Gasteiger partial charge in [0.25, 0.3) is 0 Å². The smallest absolute Gasteiger partial charge is 0.333 e. The molecule has 0 heterocycles. The molecule has 0 fully saturated rings. The van der Waals surface area contributed by atoms with Crippen molar-refractivity contribution in [3.05, 3.63) is 40.5 Å². The molecule has 0 aliphatic heterocycles. The molecule has 3 N–H and O–H groups in total. The van der Waals surface area contributed by atoms with Gasteiger partial charge in [-0.1, -0.05) is 18.2 Å². The van der Waals surface area contributed by atoms with Gasteiger partial charge in [0.2, 0.25) is 0 Å². The van der Waals surface area contributed by atoms with E-state index in [-0.39, 0.29) is 17.5 Å². The topological polar surface area (TPSA) is 90.4 Å². The van der Waals surface area contributed by atoms with Crippen molar-refractivity contribution in [1.82, 2.24) is 0 Å². The van der Waals surface area contributed by atoms with Crippen molar-refractivity contribution < 1.29 is 9.66 Å². The zero-order chi connectivity index (χ0) is 14.3. The summed E-state index contributed by atoms with van der Waals surface area (Å²) in [6.45, 7) is 4.57. The fraction of sp³-hybridized carbons (Fsp3) is 0.385. The lowest BCUT2D eigenvalue weighted by molar-refractivity contribution is -0.385. The van der Waals surface area contributed by atoms with Gasteiger partial charge in [0.15, 0.2) is 5.75 Å². The molecule has 6 nitrogen and oxygen atoms in total. The highest BCUT2D eigenvalue weighted by molar-refractivity contribution is 5.68.